The lowest BCUT2D eigenvalue weighted by atomic mass is 10.1. The molecule has 1 aromatic carbocycles. The van der Waals surface area contributed by atoms with Gasteiger partial charge in [0.05, 0.1) is 16.9 Å². The molecule has 1 fully saturated rings. The molecule has 2 aromatic rings. The Balaban J connectivity index is 1.75. The second kappa shape index (κ2) is 7.10. The number of carbonyl (C=O) groups excluding carboxylic acids is 2. The Labute approximate surface area is 155 Å². The maximum Gasteiger partial charge on any atom is 0.360 e. The number of benzene rings is 1. The molecule has 9 nitrogen and oxygen atoms in total. The van der Waals surface area contributed by atoms with Crippen molar-refractivity contribution < 1.29 is 22.7 Å². The van der Waals surface area contributed by atoms with Gasteiger partial charge in [0.2, 0.25) is 0 Å². The van der Waals surface area contributed by atoms with Crippen LogP contribution in [0.1, 0.15) is 23.8 Å². The van der Waals surface area contributed by atoms with E-state index in [1.54, 1.807) is 24.3 Å². The second-order valence-electron chi connectivity index (χ2n) is 6.48. The molecule has 1 saturated heterocycles. The van der Waals surface area contributed by atoms with Crippen molar-refractivity contribution >= 4 is 32.5 Å². The van der Waals surface area contributed by atoms with Crippen molar-refractivity contribution in [3.05, 3.63) is 40.3 Å². The predicted octanol–water partition coefficient (Wildman–Crippen LogP) is -0.218. The number of aromatic nitrogens is 2. The molecule has 10 heteroatoms. The van der Waals surface area contributed by atoms with Gasteiger partial charge in [-0.2, -0.15) is 5.10 Å². The highest BCUT2D eigenvalue weighted by molar-refractivity contribution is 7.91. The van der Waals surface area contributed by atoms with Crippen molar-refractivity contribution in [3.63, 3.8) is 0 Å². The van der Waals surface area contributed by atoms with Crippen LogP contribution in [0.2, 0.25) is 0 Å². The SMILES string of the molecule is C[C@H](OC(=O)c1nn(C)c(=O)c2ccccc12)C(=O)N[C@@H]1CCS(=O)(=O)C1. The van der Waals surface area contributed by atoms with Gasteiger partial charge in [0.1, 0.15) is 0 Å². The van der Waals surface area contributed by atoms with Gasteiger partial charge in [-0.25, -0.2) is 17.9 Å². The first-order valence-electron chi connectivity index (χ1n) is 8.36. The van der Waals surface area contributed by atoms with Crippen LogP contribution < -0.4 is 10.9 Å². The van der Waals surface area contributed by atoms with Crippen molar-refractivity contribution in [2.24, 2.45) is 7.05 Å². The zero-order chi connectivity index (χ0) is 19.8. The van der Waals surface area contributed by atoms with Crippen LogP contribution in [0, 0.1) is 0 Å². The summed E-state index contributed by atoms with van der Waals surface area (Å²) in [5.74, 6) is -1.52. The molecule has 3 rings (SSSR count). The Morgan fingerprint density at radius 3 is 2.59 bits per heavy atom. The molecular formula is C17H19N3O6S. The van der Waals surface area contributed by atoms with E-state index in [0.717, 1.165) is 4.68 Å². The molecule has 0 radical (unpaired) electrons. The number of aryl methyl sites for hydroxylation is 1. The maximum atomic E-state index is 12.5. The normalized spacial score (nSPS) is 19.6. The summed E-state index contributed by atoms with van der Waals surface area (Å²) in [6.45, 7) is 1.39. The highest BCUT2D eigenvalue weighted by atomic mass is 32.2. The molecule has 1 aromatic heterocycles. The van der Waals surface area contributed by atoms with E-state index < -0.39 is 33.9 Å². The third-order valence-electron chi connectivity index (χ3n) is 4.38. The number of carbonyl (C=O) groups is 2. The minimum Gasteiger partial charge on any atom is -0.448 e. The van der Waals surface area contributed by atoms with E-state index in [1.807, 2.05) is 0 Å². The topological polar surface area (TPSA) is 124 Å². The summed E-state index contributed by atoms with van der Waals surface area (Å²) >= 11 is 0. The van der Waals surface area contributed by atoms with Crippen LogP contribution in [0.3, 0.4) is 0 Å². The van der Waals surface area contributed by atoms with Gasteiger partial charge in [0.15, 0.2) is 21.6 Å². The third-order valence-corrected chi connectivity index (χ3v) is 6.15. The van der Waals surface area contributed by atoms with E-state index in [2.05, 4.69) is 10.4 Å². The summed E-state index contributed by atoms with van der Waals surface area (Å²) in [6, 6.07) is 6.00. The summed E-state index contributed by atoms with van der Waals surface area (Å²) in [6.07, 6.45) is -0.805. The van der Waals surface area contributed by atoms with Crippen LogP contribution in [0.4, 0.5) is 0 Å². The second-order valence-corrected chi connectivity index (χ2v) is 8.71. The zero-order valence-electron chi connectivity index (χ0n) is 14.8. The van der Waals surface area contributed by atoms with Crippen molar-refractivity contribution in [3.8, 4) is 0 Å². The molecule has 1 amide bonds. The first-order valence-corrected chi connectivity index (χ1v) is 10.2. The van der Waals surface area contributed by atoms with Crippen molar-refractivity contribution in [1.82, 2.24) is 15.1 Å². The highest BCUT2D eigenvalue weighted by Crippen LogP contribution is 2.15. The van der Waals surface area contributed by atoms with E-state index in [4.69, 9.17) is 4.74 Å². The highest BCUT2D eigenvalue weighted by Gasteiger charge is 2.31. The fourth-order valence-electron chi connectivity index (χ4n) is 2.95. The summed E-state index contributed by atoms with van der Waals surface area (Å²) in [7, 11) is -1.71. The summed E-state index contributed by atoms with van der Waals surface area (Å²) in [5.41, 5.74) is -0.425. The Kier molecular flexibility index (Phi) is 5.01. The maximum absolute atomic E-state index is 12.5. The van der Waals surface area contributed by atoms with Crippen molar-refractivity contribution in [2.75, 3.05) is 11.5 Å². The molecule has 144 valence electrons. The Hall–Kier alpha value is -2.75. The Morgan fingerprint density at radius 2 is 1.96 bits per heavy atom. The molecule has 2 atom stereocenters. The molecule has 27 heavy (non-hydrogen) atoms. The van der Waals surface area contributed by atoms with Crippen molar-refractivity contribution in [2.45, 2.75) is 25.5 Å². The molecule has 0 spiro atoms. The van der Waals surface area contributed by atoms with Gasteiger partial charge in [-0.1, -0.05) is 18.2 Å². The van der Waals surface area contributed by atoms with Crippen LogP contribution in [-0.2, 0) is 26.4 Å². The van der Waals surface area contributed by atoms with Gasteiger partial charge < -0.3 is 10.1 Å². The lowest BCUT2D eigenvalue weighted by Crippen LogP contribution is -2.42. The average Bonchev–Trinajstić information content (AvgIpc) is 2.96. The lowest BCUT2D eigenvalue weighted by molar-refractivity contribution is -0.129. The number of amides is 1. The number of fused-ring (bicyclic) bond motifs is 1. The zero-order valence-corrected chi connectivity index (χ0v) is 15.7. The molecule has 0 aliphatic carbocycles. The fraction of sp³-hybridized carbons (Fsp3) is 0.412. The number of esters is 1. The fourth-order valence-corrected chi connectivity index (χ4v) is 4.62. The van der Waals surface area contributed by atoms with Gasteiger partial charge in [-0.3, -0.25) is 9.59 Å². The minimum atomic E-state index is -3.13. The third kappa shape index (κ3) is 4.00. The first-order chi connectivity index (χ1) is 12.7. The Bertz CT molecular complexity index is 1080. The largest absolute Gasteiger partial charge is 0.448 e. The van der Waals surface area contributed by atoms with Crippen molar-refractivity contribution in [1.29, 1.82) is 0 Å². The number of nitrogens with zero attached hydrogens (tertiary/aromatic N) is 2. The molecular weight excluding hydrogens is 374 g/mol. The molecule has 0 unspecified atom stereocenters. The number of hydrogen-bond donors (Lipinski definition) is 1. The lowest BCUT2D eigenvalue weighted by Gasteiger charge is -2.17. The van der Waals surface area contributed by atoms with E-state index in [9.17, 15) is 22.8 Å². The van der Waals surface area contributed by atoms with Crippen LogP contribution in [-0.4, -0.2) is 53.7 Å². The van der Waals surface area contributed by atoms with Crippen LogP contribution in [0.5, 0.6) is 0 Å². The van der Waals surface area contributed by atoms with Gasteiger partial charge in [-0.05, 0) is 19.4 Å². The number of sulfone groups is 1. The molecule has 1 N–H and O–H groups in total. The van der Waals surface area contributed by atoms with Gasteiger partial charge >= 0.3 is 5.97 Å². The van der Waals surface area contributed by atoms with Crippen LogP contribution in [0.15, 0.2) is 29.1 Å². The number of hydrogen-bond acceptors (Lipinski definition) is 7. The quantitative estimate of drug-likeness (QED) is 0.712. The van der Waals surface area contributed by atoms with E-state index >= 15 is 0 Å². The van der Waals surface area contributed by atoms with E-state index in [0.29, 0.717) is 17.2 Å². The number of rotatable bonds is 4. The monoisotopic (exact) mass is 393 g/mol. The van der Waals surface area contributed by atoms with Gasteiger partial charge in [0, 0.05) is 18.5 Å². The summed E-state index contributed by atoms with van der Waals surface area (Å²) < 4.78 is 29.2. The molecule has 1 aliphatic heterocycles. The predicted molar refractivity (Wildman–Crippen MR) is 97.1 cm³/mol. The Morgan fingerprint density at radius 1 is 1.30 bits per heavy atom. The molecule has 1 aliphatic rings. The molecule has 0 bridgehead atoms. The number of nitrogens with one attached hydrogen (secondary N) is 1. The number of ether oxygens (including phenoxy) is 1. The van der Waals surface area contributed by atoms with Crippen LogP contribution in [0.25, 0.3) is 10.8 Å². The first kappa shape index (κ1) is 19.0. The van der Waals surface area contributed by atoms with Crippen LogP contribution >= 0.6 is 0 Å². The molecule has 2 heterocycles. The summed E-state index contributed by atoms with van der Waals surface area (Å²) in [4.78, 5) is 36.8. The molecule has 0 saturated carbocycles. The smallest absolute Gasteiger partial charge is 0.360 e. The summed E-state index contributed by atoms with van der Waals surface area (Å²) in [5, 5.41) is 7.18. The van der Waals surface area contributed by atoms with Gasteiger partial charge in [0.25, 0.3) is 11.5 Å². The van der Waals surface area contributed by atoms with E-state index in [-0.39, 0.29) is 22.8 Å². The van der Waals surface area contributed by atoms with Gasteiger partial charge in [-0.15, -0.1) is 0 Å². The standard InChI is InChI=1S/C17H19N3O6S/c1-10(15(21)18-11-7-8-27(24,25)9-11)26-17(23)14-12-5-3-4-6-13(12)16(22)20(2)19-14/h3-6,10-11H,7-9H2,1-2H3,(H,18,21)/t10-,11+/m0/s1. The minimum absolute atomic E-state index is 0.0278. The average molecular weight is 393 g/mol. The van der Waals surface area contributed by atoms with E-state index in [1.165, 1.54) is 14.0 Å².